The van der Waals surface area contributed by atoms with Crippen LogP contribution < -0.4 is 5.90 Å². The Bertz CT molecular complexity index is 595. The SMILES string of the molecule is CN1CCC(O)(C(=O)OC(C)(C)C)CC1.CN1CCC(ON)(C(=O)OC(C)(C)C)CC1. The van der Waals surface area contributed by atoms with Gasteiger partial charge < -0.3 is 24.4 Å². The topological polar surface area (TPSA) is 115 Å². The molecule has 0 aliphatic carbocycles. The van der Waals surface area contributed by atoms with E-state index in [9.17, 15) is 14.7 Å². The van der Waals surface area contributed by atoms with Crippen LogP contribution in [-0.4, -0.2) is 89.5 Å². The highest BCUT2D eigenvalue weighted by atomic mass is 16.7. The first-order chi connectivity index (χ1) is 14.0. The molecule has 0 unspecified atom stereocenters. The maximum absolute atomic E-state index is 12.0. The summed E-state index contributed by atoms with van der Waals surface area (Å²) in [7, 11) is 3.99. The minimum Gasteiger partial charge on any atom is -0.458 e. The number of hydrogen-bond donors (Lipinski definition) is 2. The van der Waals surface area contributed by atoms with E-state index in [1.807, 2.05) is 55.6 Å². The second kappa shape index (κ2) is 10.6. The number of nitrogens with zero attached hydrogens (tertiary/aromatic N) is 2. The molecule has 0 atom stereocenters. The number of likely N-dealkylation sites (tertiary alicyclic amines) is 2. The third kappa shape index (κ3) is 9.02. The molecule has 2 fully saturated rings. The van der Waals surface area contributed by atoms with E-state index in [2.05, 4.69) is 9.80 Å². The van der Waals surface area contributed by atoms with Gasteiger partial charge in [-0.3, -0.25) is 4.84 Å². The summed E-state index contributed by atoms with van der Waals surface area (Å²) in [5.74, 6) is 4.45. The van der Waals surface area contributed by atoms with Crippen molar-refractivity contribution in [2.75, 3.05) is 40.3 Å². The fourth-order valence-corrected chi connectivity index (χ4v) is 3.29. The van der Waals surface area contributed by atoms with E-state index in [1.165, 1.54) is 0 Å². The van der Waals surface area contributed by atoms with Crippen LogP contribution >= 0.6 is 0 Å². The Morgan fingerprint density at radius 2 is 1.13 bits per heavy atom. The highest BCUT2D eigenvalue weighted by Crippen LogP contribution is 2.28. The first-order valence-corrected chi connectivity index (χ1v) is 11.0. The zero-order valence-electron chi connectivity index (χ0n) is 20.6. The summed E-state index contributed by atoms with van der Waals surface area (Å²) in [4.78, 5) is 32.9. The monoisotopic (exact) mass is 445 g/mol. The molecule has 182 valence electrons. The van der Waals surface area contributed by atoms with Crippen LogP contribution in [-0.2, 0) is 23.9 Å². The van der Waals surface area contributed by atoms with Crippen LogP contribution in [0.3, 0.4) is 0 Å². The van der Waals surface area contributed by atoms with Crippen LogP contribution in [0.5, 0.6) is 0 Å². The predicted octanol–water partition coefficient (Wildman–Crippen LogP) is 1.47. The first kappa shape index (κ1) is 27.8. The molecule has 9 nitrogen and oxygen atoms in total. The molecule has 0 bridgehead atoms. The molecule has 0 saturated carbocycles. The fourth-order valence-electron chi connectivity index (χ4n) is 3.29. The third-order valence-corrected chi connectivity index (χ3v) is 5.38. The molecule has 3 N–H and O–H groups in total. The molecule has 0 spiro atoms. The summed E-state index contributed by atoms with van der Waals surface area (Å²) in [6.07, 6.45) is 2.07. The summed E-state index contributed by atoms with van der Waals surface area (Å²) in [6.45, 7) is 14.0. The molecular formula is C22H43N3O6. The summed E-state index contributed by atoms with van der Waals surface area (Å²) in [6, 6.07) is 0. The molecule has 9 heteroatoms. The number of rotatable bonds is 3. The van der Waals surface area contributed by atoms with E-state index >= 15 is 0 Å². The molecule has 0 aromatic carbocycles. The van der Waals surface area contributed by atoms with Crippen molar-refractivity contribution in [3.63, 3.8) is 0 Å². The largest absolute Gasteiger partial charge is 0.458 e. The van der Waals surface area contributed by atoms with Gasteiger partial charge in [0.1, 0.15) is 11.2 Å². The van der Waals surface area contributed by atoms with Gasteiger partial charge in [0.2, 0.25) is 0 Å². The molecule has 2 saturated heterocycles. The van der Waals surface area contributed by atoms with Crippen molar-refractivity contribution in [2.45, 2.75) is 89.6 Å². The Balaban J connectivity index is 0.000000311. The van der Waals surface area contributed by atoms with E-state index in [-0.39, 0.29) is 5.97 Å². The number of piperidine rings is 2. The Morgan fingerprint density at radius 3 is 1.48 bits per heavy atom. The van der Waals surface area contributed by atoms with Gasteiger partial charge in [-0.05, 0) is 68.5 Å². The quantitative estimate of drug-likeness (QED) is 0.492. The van der Waals surface area contributed by atoms with Crippen molar-refractivity contribution >= 4 is 11.9 Å². The van der Waals surface area contributed by atoms with E-state index in [4.69, 9.17) is 20.2 Å². The minimum absolute atomic E-state index is 0.351. The van der Waals surface area contributed by atoms with Crippen molar-refractivity contribution < 1.29 is 29.0 Å². The van der Waals surface area contributed by atoms with Crippen molar-refractivity contribution in [2.24, 2.45) is 5.90 Å². The summed E-state index contributed by atoms with van der Waals surface area (Å²) in [5, 5.41) is 10.1. The standard InChI is InChI=1S/C11H22N2O3.C11H21NO3/c1-10(2,3)15-9(14)11(16-12)5-7-13(4)8-6-11;1-10(2,3)15-9(13)11(14)5-7-12(4)8-6-11/h5-8,12H2,1-4H3;14H,5-8H2,1-4H3. The number of nitrogens with two attached hydrogens (primary N) is 1. The van der Waals surface area contributed by atoms with Crippen molar-refractivity contribution in [3.05, 3.63) is 0 Å². The summed E-state index contributed by atoms with van der Waals surface area (Å²) in [5.41, 5.74) is -3.28. The number of carbonyl (C=O) groups excluding carboxylic acids is 2. The lowest BCUT2D eigenvalue weighted by Gasteiger charge is -2.38. The molecular weight excluding hydrogens is 402 g/mol. The Hall–Kier alpha value is -1.26. The van der Waals surface area contributed by atoms with Crippen LogP contribution in [0.15, 0.2) is 0 Å². The lowest BCUT2D eigenvalue weighted by molar-refractivity contribution is -0.191. The van der Waals surface area contributed by atoms with Crippen molar-refractivity contribution in [3.8, 4) is 0 Å². The van der Waals surface area contributed by atoms with Crippen LogP contribution in [0.1, 0.15) is 67.2 Å². The van der Waals surface area contributed by atoms with Crippen molar-refractivity contribution in [1.82, 2.24) is 9.80 Å². The smallest absolute Gasteiger partial charge is 0.341 e. The molecule has 0 aromatic rings. The lowest BCUT2D eigenvalue weighted by atomic mass is 9.91. The average molecular weight is 446 g/mol. The van der Waals surface area contributed by atoms with Gasteiger partial charge in [0.15, 0.2) is 11.2 Å². The predicted molar refractivity (Wildman–Crippen MR) is 118 cm³/mol. The van der Waals surface area contributed by atoms with Gasteiger partial charge in [-0.15, -0.1) is 0 Å². The van der Waals surface area contributed by atoms with Crippen LogP contribution in [0.25, 0.3) is 0 Å². The molecule has 2 aliphatic heterocycles. The highest BCUT2D eigenvalue weighted by Gasteiger charge is 2.45. The number of ether oxygens (including phenoxy) is 2. The molecule has 2 rings (SSSR count). The van der Waals surface area contributed by atoms with Crippen LogP contribution in [0.4, 0.5) is 0 Å². The Kier molecular flexibility index (Phi) is 9.47. The molecule has 31 heavy (non-hydrogen) atoms. The van der Waals surface area contributed by atoms with E-state index in [0.29, 0.717) is 25.7 Å². The fraction of sp³-hybridized carbons (Fsp3) is 0.909. The second-order valence-electron chi connectivity index (χ2n) is 10.8. The Labute approximate surface area is 187 Å². The van der Waals surface area contributed by atoms with Gasteiger partial charge in [0.25, 0.3) is 0 Å². The second-order valence-corrected chi connectivity index (χ2v) is 10.8. The maximum atomic E-state index is 12.0. The zero-order chi connectivity index (χ0) is 24.1. The maximum Gasteiger partial charge on any atom is 0.341 e. The number of hydrogen-bond acceptors (Lipinski definition) is 9. The van der Waals surface area contributed by atoms with Gasteiger partial charge in [-0.1, -0.05) is 0 Å². The summed E-state index contributed by atoms with van der Waals surface area (Å²) >= 11 is 0. The third-order valence-electron chi connectivity index (χ3n) is 5.38. The number of aliphatic hydroxyl groups is 1. The number of esters is 2. The van der Waals surface area contributed by atoms with Gasteiger partial charge in [0.05, 0.1) is 0 Å². The van der Waals surface area contributed by atoms with Gasteiger partial charge >= 0.3 is 11.9 Å². The molecule has 0 aromatic heterocycles. The van der Waals surface area contributed by atoms with E-state index in [0.717, 1.165) is 26.2 Å². The zero-order valence-corrected chi connectivity index (χ0v) is 20.6. The van der Waals surface area contributed by atoms with Crippen molar-refractivity contribution in [1.29, 1.82) is 0 Å². The van der Waals surface area contributed by atoms with E-state index < -0.39 is 28.4 Å². The van der Waals surface area contributed by atoms with Gasteiger partial charge in [0, 0.05) is 39.0 Å². The Morgan fingerprint density at radius 1 is 0.774 bits per heavy atom. The van der Waals surface area contributed by atoms with Crippen LogP contribution in [0.2, 0.25) is 0 Å². The minimum atomic E-state index is -1.28. The van der Waals surface area contributed by atoms with Gasteiger partial charge in [-0.25, -0.2) is 15.5 Å². The van der Waals surface area contributed by atoms with Crippen LogP contribution in [0, 0.1) is 0 Å². The molecule has 0 radical (unpaired) electrons. The lowest BCUT2D eigenvalue weighted by Crippen LogP contribution is -2.53. The number of carbonyl (C=O) groups is 2. The summed E-state index contributed by atoms with van der Waals surface area (Å²) < 4.78 is 10.6. The highest BCUT2D eigenvalue weighted by molar-refractivity contribution is 5.80. The molecule has 0 amide bonds. The van der Waals surface area contributed by atoms with Gasteiger partial charge in [-0.2, -0.15) is 0 Å². The molecule has 2 aliphatic rings. The average Bonchev–Trinajstić information content (AvgIpc) is 2.63. The van der Waals surface area contributed by atoms with E-state index in [1.54, 1.807) is 0 Å². The first-order valence-electron chi connectivity index (χ1n) is 11.0. The normalized spacial score (nSPS) is 22.1. The molecule has 2 heterocycles.